The quantitative estimate of drug-likeness (QED) is 0.587. The van der Waals surface area contributed by atoms with Gasteiger partial charge in [-0.05, 0) is 0 Å². The van der Waals surface area contributed by atoms with E-state index >= 15 is 0 Å². The molecule has 0 aliphatic rings. The average Bonchev–Trinajstić information content (AvgIpc) is 2.56. The molecule has 0 bridgehead atoms. The molecule has 2 N–H and O–H groups in total. The lowest BCUT2D eigenvalue weighted by molar-refractivity contribution is 0.186. The van der Waals surface area contributed by atoms with Gasteiger partial charge >= 0.3 is 0 Å². The molecular formula is C15H32O3. The molecule has 0 saturated carbocycles. The molecule has 0 aromatic rings. The Kier molecular flexibility index (Phi) is 1600. The Morgan fingerprint density at radius 2 is 0.833 bits per heavy atom. The van der Waals surface area contributed by atoms with Crippen LogP contribution in [0, 0.1) is 0 Å². The topological polar surface area (TPSA) is 49.7 Å². The highest BCUT2D eigenvalue weighted by Gasteiger charge is 1.58. The van der Waals surface area contributed by atoms with E-state index in [9.17, 15) is 0 Å². The zero-order valence-electron chi connectivity index (χ0n) is 12.1. The standard InChI is InChI=1S/C3H6O.C2H6O2.5C2H4/c1-3-4-2;3-1-2-4;5*1-2/h3H,1H2,2H3;3-4H,1-2H2;5*1-2H2. The molecule has 0 heterocycles. The predicted octanol–water partition coefficient (Wildman–Crippen LogP) is 3.76. The molecule has 0 saturated heterocycles. The maximum atomic E-state index is 7.62. The second kappa shape index (κ2) is 652. The Labute approximate surface area is 114 Å². The molecule has 3 heteroatoms. The van der Waals surface area contributed by atoms with Gasteiger partial charge in [0.15, 0.2) is 0 Å². The zero-order valence-corrected chi connectivity index (χ0v) is 12.1. The van der Waals surface area contributed by atoms with Crippen molar-refractivity contribution in [3.8, 4) is 0 Å². The van der Waals surface area contributed by atoms with E-state index in [0.29, 0.717) is 0 Å². The van der Waals surface area contributed by atoms with E-state index in [-0.39, 0.29) is 13.2 Å². The van der Waals surface area contributed by atoms with Crippen molar-refractivity contribution in [2.24, 2.45) is 0 Å². The summed E-state index contributed by atoms with van der Waals surface area (Å²) in [5.74, 6) is 0. The number of hydrogen-bond donors (Lipinski definition) is 2. The first kappa shape index (κ1) is 44.3. The summed E-state index contributed by atoms with van der Waals surface area (Å²) in [6, 6.07) is 0. The Bertz CT molecular complexity index is 72.2. The van der Waals surface area contributed by atoms with Crippen molar-refractivity contribution in [1.82, 2.24) is 0 Å². The Hall–Kier alpha value is -1.84. The van der Waals surface area contributed by atoms with Crippen LogP contribution in [0.4, 0.5) is 0 Å². The SMILES string of the molecule is C=C.C=C.C=C.C=C.C=C.C=COC.OCCO. The van der Waals surface area contributed by atoms with Crippen LogP contribution in [-0.4, -0.2) is 30.5 Å². The molecule has 0 aliphatic heterocycles. The van der Waals surface area contributed by atoms with E-state index in [1.54, 1.807) is 7.11 Å². The van der Waals surface area contributed by atoms with Gasteiger partial charge in [-0.25, -0.2) is 0 Å². The number of methoxy groups -OCH3 is 1. The lowest BCUT2D eigenvalue weighted by Gasteiger charge is -1.73. The van der Waals surface area contributed by atoms with Crippen molar-refractivity contribution < 1.29 is 14.9 Å². The van der Waals surface area contributed by atoms with Gasteiger partial charge in [-0.3, -0.25) is 0 Å². The molecule has 0 aromatic carbocycles. The third kappa shape index (κ3) is 95800. The first-order valence-electron chi connectivity index (χ1n) is 4.68. The van der Waals surface area contributed by atoms with Crippen LogP contribution < -0.4 is 0 Å². The summed E-state index contributed by atoms with van der Waals surface area (Å²) < 4.78 is 4.31. The number of rotatable bonds is 2. The molecule has 3 nitrogen and oxygen atoms in total. The van der Waals surface area contributed by atoms with Crippen LogP contribution in [0.5, 0.6) is 0 Å². The predicted molar refractivity (Wildman–Crippen MR) is 87.6 cm³/mol. The maximum absolute atomic E-state index is 7.62. The first-order valence-corrected chi connectivity index (χ1v) is 4.68. The van der Waals surface area contributed by atoms with E-state index in [1.165, 1.54) is 6.26 Å². The summed E-state index contributed by atoms with van der Waals surface area (Å²) in [4.78, 5) is 0. The molecule has 0 aromatic heterocycles. The van der Waals surface area contributed by atoms with Gasteiger partial charge < -0.3 is 14.9 Å². The molecule has 0 unspecified atom stereocenters. The van der Waals surface area contributed by atoms with E-state index in [1.807, 2.05) is 0 Å². The number of aliphatic hydroxyl groups excluding tert-OH is 2. The second-order valence-corrected chi connectivity index (χ2v) is 0.850. The van der Waals surface area contributed by atoms with Crippen LogP contribution in [0.1, 0.15) is 0 Å². The van der Waals surface area contributed by atoms with Crippen LogP contribution in [0.25, 0.3) is 0 Å². The molecule has 0 rings (SSSR count). The van der Waals surface area contributed by atoms with E-state index < -0.39 is 0 Å². The molecule has 0 atom stereocenters. The van der Waals surface area contributed by atoms with Crippen LogP contribution in [0.3, 0.4) is 0 Å². The lowest BCUT2D eigenvalue weighted by atomic mass is 10.8. The molecule has 0 spiro atoms. The van der Waals surface area contributed by atoms with E-state index in [0.717, 1.165) is 0 Å². The van der Waals surface area contributed by atoms with Crippen molar-refractivity contribution >= 4 is 0 Å². The average molecular weight is 260 g/mol. The van der Waals surface area contributed by atoms with Gasteiger partial charge in [0.25, 0.3) is 0 Å². The number of ether oxygens (including phenoxy) is 1. The van der Waals surface area contributed by atoms with Gasteiger partial charge in [0, 0.05) is 0 Å². The lowest BCUT2D eigenvalue weighted by Crippen LogP contribution is -1.85. The van der Waals surface area contributed by atoms with Crippen molar-refractivity contribution in [3.05, 3.63) is 78.6 Å². The zero-order chi connectivity index (χ0) is 16.8. The molecule has 0 amide bonds. The molecule has 18 heavy (non-hydrogen) atoms. The van der Waals surface area contributed by atoms with Crippen LogP contribution in [0.2, 0.25) is 0 Å². The minimum Gasteiger partial charge on any atom is -0.505 e. The van der Waals surface area contributed by atoms with Gasteiger partial charge in [-0.2, -0.15) is 0 Å². The largest absolute Gasteiger partial charge is 0.505 e. The second-order valence-electron chi connectivity index (χ2n) is 0.850. The smallest absolute Gasteiger partial charge is 0.0766 e. The summed E-state index contributed by atoms with van der Waals surface area (Å²) >= 11 is 0. The van der Waals surface area contributed by atoms with E-state index in [2.05, 4.69) is 77.1 Å². The van der Waals surface area contributed by atoms with Crippen molar-refractivity contribution in [2.75, 3.05) is 20.3 Å². The van der Waals surface area contributed by atoms with Gasteiger partial charge in [0.1, 0.15) is 0 Å². The Balaban J connectivity index is -0.0000000163. The summed E-state index contributed by atoms with van der Waals surface area (Å²) in [7, 11) is 1.56. The Morgan fingerprint density at radius 3 is 0.833 bits per heavy atom. The maximum Gasteiger partial charge on any atom is 0.0766 e. The van der Waals surface area contributed by atoms with Gasteiger partial charge in [-0.15, -0.1) is 65.8 Å². The summed E-state index contributed by atoms with van der Waals surface area (Å²) in [6.45, 7) is 33.0. The Morgan fingerprint density at radius 1 is 0.722 bits per heavy atom. The molecule has 0 radical (unpaired) electrons. The highest BCUT2D eigenvalue weighted by Crippen LogP contribution is 1.52. The minimum absolute atomic E-state index is 0.125. The van der Waals surface area contributed by atoms with Crippen molar-refractivity contribution in [1.29, 1.82) is 0 Å². The number of aliphatic hydroxyl groups is 2. The molecule has 0 aliphatic carbocycles. The first-order chi connectivity index (χ1) is 8.83. The van der Waals surface area contributed by atoms with Crippen molar-refractivity contribution in [3.63, 3.8) is 0 Å². The summed E-state index contributed by atoms with van der Waals surface area (Å²) in [6.07, 6.45) is 1.38. The highest BCUT2D eigenvalue weighted by molar-refractivity contribution is 4.43. The highest BCUT2D eigenvalue weighted by atomic mass is 16.5. The molecular weight excluding hydrogens is 228 g/mol. The monoisotopic (exact) mass is 260 g/mol. The fraction of sp³-hybridized carbons (Fsp3) is 0.200. The minimum atomic E-state index is -0.125. The third-order valence-electron chi connectivity index (χ3n) is 0.267. The number of hydrogen-bond acceptors (Lipinski definition) is 3. The molecule has 110 valence electrons. The summed E-state index contributed by atoms with van der Waals surface area (Å²) in [5.41, 5.74) is 0. The van der Waals surface area contributed by atoms with Gasteiger partial charge in [0.05, 0.1) is 26.6 Å². The van der Waals surface area contributed by atoms with Crippen molar-refractivity contribution in [2.45, 2.75) is 0 Å². The van der Waals surface area contributed by atoms with Crippen LogP contribution >= 0.6 is 0 Å². The van der Waals surface area contributed by atoms with Crippen LogP contribution in [-0.2, 0) is 4.74 Å². The third-order valence-corrected chi connectivity index (χ3v) is 0.267. The normalized spacial score (nSPS) is 3.94. The van der Waals surface area contributed by atoms with Crippen LogP contribution in [0.15, 0.2) is 78.6 Å². The van der Waals surface area contributed by atoms with Gasteiger partial charge in [-0.1, -0.05) is 6.58 Å². The fourth-order valence-corrected chi connectivity index (χ4v) is 0. The van der Waals surface area contributed by atoms with E-state index in [4.69, 9.17) is 10.2 Å². The molecule has 0 fully saturated rings. The van der Waals surface area contributed by atoms with Gasteiger partial charge in [0.2, 0.25) is 0 Å². The fourth-order valence-electron chi connectivity index (χ4n) is 0. The summed E-state index contributed by atoms with van der Waals surface area (Å²) in [5, 5.41) is 15.2.